The summed E-state index contributed by atoms with van der Waals surface area (Å²) in [5.41, 5.74) is 5.07. The van der Waals surface area contributed by atoms with Crippen LogP contribution in [0.15, 0.2) is 54.9 Å². The van der Waals surface area contributed by atoms with Crippen LogP contribution in [0.25, 0.3) is 11.1 Å². The van der Waals surface area contributed by atoms with Crippen molar-refractivity contribution in [2.45, 2.75) is 12.3 Å². The molecule has 1 fully saturated rings. The lowest BCUT2D eigenvalue weighted by Crippen LogP contribution is -2.37. The zero-order valence-corrected chi connectivity index (χ0v) is 16.3. The first-order valence-corrected chi connectivity index (χ1v) is 9.99. The van der Waals surface area contributed by atoms with Gasteiger partial charge in [-0.05, 0) is 52.9 Å². The Bertz CT molecular complexity index is 1080. The number of benzene rings is 2. The Balaban J connectivity index is 1.40. The van der Waals surface area contributed by atoms with Gasteiger partial charge in [0.15, 0.2) is 0 Å². The molecule has 0 bridgehead atoms. The third-order valence-corrected chi connectivity index (χ3v) is 6.08. The molecule has 148 valence electrons. The van der Waals surface area contributed by atoms with Gasteiger partial charge in [-0.15, -0.1) is 0 Å². The molecule has 1 saturated heterocycles. The third kappa shape index (κ3) is 3.23. The van der Waals surface area contributed by atoms with E-state index in [1.165, 1.54) is 6.07 Å². The Morgan fingerprint density at radius 3 is 2.83 bits per heavy atom. The molecule has 3 heterocycles. The van der Waals surface area contributed by atoms with Crippen LogP contribution in [0.4, 0.5) is 10.1 Å². The van der Waals surface area contributed by atoms with Gasteiger partial charge in [0.25, 0.3) is 0 Å². The molecule has 2 aliphatic heterocycles. The van der Waals surface area contributed by atoms with Crippen molar-refractivity contribution in [2.75, 3.05) is 24.5 Å². The summed E-state index contributed by atoms with van der Waals surface area (Å²) < 4.78 is 15.4. The quantitative estimate of drug-likeness (QED) is 0.748. The van der Waals surface area contributed by atoms with Crippen LogP contribution >= 0.6 is 0 Å². The highest BCUT2D eigenvalue weighted by atomic mass is 19.1. The molecule has 29 heavy (non-hydrogen) atoms. The molecule has 0 saturated carbocycles. The van der Waals surface area contributed by atoms with Crippen LogP contribution in [0.2, 0.25) is 0 Å². The molecule has 1 amide bonds. The molecular weight excluding hydrogens is 367 g/mol. The van der Waals surface area contributed by atoms with Crippen molar-refractivity contribution in [3.05, 3.63) is 71.8 Å². The van der Waals surface area contributed by atoms with Crippen LogP contribution < -0.4 is 10.2 Å². The van der Waals surface area contributed by atoms with Gasteiger partial charge in [0.2, 0.25) is 5.91 Å². The average molecular weight is 390 g/mol. The summed E-state index contributed by atoms with van der Waals surface area (Å²) in [7, 11) is 1.90. The fraction of sp³-hybridized carbons (Fsp3) is 0.304. The zero-order valence-electron chi connectivity index (χ0n) is 16.3. The first-order valence-electron chi connectivity index (χ1n) is 9.99. The van der Waals surface area contributed by atoms with E-state index in [1.807, 2.05) is 42.5 Å². The maximum atomic E-state index is 13.6. The number of anilines is 1. The van der Waals surface area contributed by atoms with Crippen LogP contribution in [0.3, 0.4) is 0 Å². The highest BCUT2D eigenvalue weighted by Crippen LogP contribution is 2.36. The van der Waals surface area contributed by atoms with Gasteiger partial charge < -0.3 is 10.2 Å². The summed E-state index contributed by atoms with van der Waals surface area (Å²) in [6.07, 6.45) is 4.68. The Morgan fingerprint density at radius 1 is 1.17 bits per heavy atom. The summed E-state index contributed by atoms with van der Waals surface area (Å²) in [5, 5.41) is 7.64. The maximum Gasteiger partial charge on any atom is 0.232 e. The van der Waals surface area contributed by atoms with E-state index in [1.54, 1.807) is 16.8 Å². The Labute approximate surface area is 169 Å². The maximum absolute atomic E-state index is 13.6. The number of carbonyl (C=O) groups is 1. The molecule has 5 nitrogen and oxygen atoms in total. The van der Waals surface area contributed by atoms with Gasteiger partial charge in [0.05, 0.1) is 12.1 Å². The highest BCUT2D eigenvalue weighted by Gasteiger charge is 2.39. The highest BCUT2D eigenvalue weighted by molar-refractivity contribution is 5.98. The predicted molar refractivity (Wildman–Crippen MR) is 110 cm³/mol. The molecule has 1 aromatic heterocycles. The predicted octanol–water partition coefficient (Wildman–Crippen LogP) is 3.12. The van der Waals surface area contributed by atoms with Gasteiger partial charge in [-0.1, -0.05) is 18.2 Å². The first-order chi connectivity index (χ1) is 14.1. The average Bonchev–Trinajstić information content (AvgIpc) is 3.46. The van der Waals surface area contributed by atoms with Crippen molar-refractivity contribution in [3.8, 4) is 11.1 Å². The molecule has 3 aromatic rings. The van der Waals surface area contributed by atoms with Crippen LogP contribution in [0.1, 0.15) is 17.0 Å². The molecule has 5 rings (SSSR count). The molecule has 6 heteroatoms. The molecule has 2 aromatic carbocycles. The number of nitrogens with zero attached hydrogens (tertiary/aromatic N) is 3. The monoisotopic (exact) mass is 390 g/mol. The molecule has 0 unspecified atom stereocenters. The molecule has 0 radical (unpaired) electrons. The summed E-state index contributed by atoms with van der Waals surface area (Å²) in [4.78, 5) is 15.3. The van der Waals surface area contributed by atoms with Gasteiger partial charge in [-0.3, -0.25) is 9.48 Å². The number of aryl methyl sites for hydroxylation is 1. The van der Waals surface area contributed by atoms with Gasteiger partial charge in [-0.25, -0.2) is 4.39 Å². The molecule has 0 aliphatic carbocycles. The lowest BCUT2D eigenvalue weighted by molar-refractivity contribution is -0.122. The van der Waals surface area contributed by atoms with Crippen LogP contribution in [-0.2, 0) is 18.3 Å². The first kappa shape index (κ1) is 18.1. The summed E-state index contributed by atoms with van der Waals surface area (Å²) in [6.45, 7) is 2.17. The number of amides is 1. The standard InChI is InChI=1S/C23H23FN4O/c1-27-14-18(11-26-27)20-12-25-13-21(20)23(29)28-8-7-17-9-16(5-6-22(17)28)15-3-2-4-19(24)10-15/h2-6,9-11,14,20-21,25H,7-8,12-13H2,1H3/t20-,21+/m1/s1. The summed E-state index contributed by atoms with van der Waals surface area (Å²) in [5.74, 6) is -0.0176. The third-order valence-electron chi connectivity index (χ3n) is 6.08. The van der Waals surface area contributed by atoms with E-state index in [4.69, 9.17) is 0 Å². The van der Waals surface area contributed by atoms with Crippen molar-refractivity contribution < 1.29 is 9.18 Å². The lowest BCUT2D eigenvalue weighted by atomic mass is 9.89. The fourth-order valence-corrected chi connectivity index (χ4v) is 4.60. The van der Waals surface area contributed by atoms with E-state index in [9.17, 15) is 9.18 Å². The Hall–Kier alpha value is -2.99. The van der Waals surface area contributed by atoms with E-state index < -0.39 is 0 Å². The molecule has 2 atom stereocenters. The van der Waals surface area contributed by atoms with Crippen molar-refractivity contribution in [3.63, 3.8) is 0 Å². The van der Waals surface area contributed by atoms with Crippen molar-refractivity contribution >= 4 is 11.6 Å². The van der Waals surface area contributed by atoms with Gasteiger partial charge in [0.1, 0.15) is 5.82 Å². The van der Waals surface area contributed by atoms with Crippen molar-refractivity contribution in [2.24, 2.45) is 13.0 Å². The molecule has 1 N–H and O–H groups in total. The summed E-state index contributed by atoms with van der Waals surface area (Å²) >= 11 is 0. The minimum absolute atomic E-state index is 0.0898. The van der Waals surface area contributed by atoms with Gasteiger partial charge in [0, 0.05) is 44.5 Å². The largest absolute Gasteiger partial charge is 0.315 e. The van der Waals surface area contributed by atoms with Gasteiger partial charge in [-0.2, -0.15) is 5.10 Å². The van der Waals surface area contributed by atoms with Crippen molar-refractivity contribution in [1.29, 1.82) is 0 Å². The van der Waals surface area contributed by atoms with E-state index >= 15 is 0 Å². The topological polar surface area (TPSA) is 50.2 Å². The zero-order chi connectivity index (χ0) is 20.0. The molecule has 0 spiro atoms. The van der Waals surface area contributed by atoms with Crippen molar-refractivity contribution in [1.82, 2.24) is 15.1 Å². The van der Waals surface area contributed by atoms with Gasteiger partial charge >= 0.3 is 0 Å². The minimum atomic E-state index is -0.241. The van der Waals surface area contributed by atoms with Crippen LogP contribution in [0.5, 0.6) is 0 Å². The second-order valence-electron chi connectivity index (χ2n) is 7.91. The van der Waals surface area contributed by atoms with E-state index in [0.29, 0.717) is 13.1 Å². The van der Waals surface area contributed by atoms with Crippen LogP contribution in [-0.4, -0.2) is 35.3 Å². The summed E-state index contributed by atoms with van der Waals surface area (Å²) in [6, 6.07) is 12.7. The Kier molecular flexibility index (Phi) is 4.43. The lowest BCUT2D eigenvalue weighted by Gasteiger charge is -2.24. The smallest absolute Gasteiger partial charge is 0.232 e. The number of hydrogen-bond acceptors (Lipinski definition) is 3. The van der Waals surface area contributed by atoms with E-state index in [-0.39, 0.29) is 23.6 Å². The molecule has 2 aliphatic rings. The number of hydrogen-bond donors (Lipinski definition) is 1. The van der Waals surface area contributed by atoms with E-state index in [0.717, 1.165) is 40.9 Å². The van der Waals surface area contributed by atoms with E-state index in [2.05, 4.69) is 16.5 Å². The number of rotatable bonds is 3. The normalized spacial score (nSPS) is 20.8. The number of halogens is 1. The molecular formula is C23H23FN4O. The Morgan fingerprint density at radius 2 is 2.03 bits per heavy atom. The second-order valence-corrected chi connectivity index (χ2v) is 7.91. The fourth-order valence-electron chi connectivity index (χ4n) is 4.60. The number of aromatic nitrogens is 2. The SMILES string of the molecule is Cn1cc([C@H]2CNC[C@@H]2C(=O)N2CCc3cc(-c4cccc(F)c4)ccc32)cn1. The number of nitrogens with one attached hydrogen (secondary N) is 1. The second kappa shape index (κ2) is 7.12. The van der Waals surface area contributed by atoms with Crippen LogP contribution in [0, 0.1) is 11.7 Å². The number of carbonyl (C=O) groups excluding carboxylic acids is 1. The minimum Gasteiger partial charge on any atom is -0.315 e. The number of fused-ring (bicyclic) bond motifs is 1.